The van der Waals surface area contributed by atoms with Gasteiger partial charge in [0.25, 0.3) is 0 Å². The van der Waals surface area contributed by atoms with E-state index in [4.69, 9.17) is 5.73 Å². The second-order valence-electron chi connectivity index (χ2n) is 5.39. The first kappa shape index (κ1) is 15.4. The Balaban J connectivity index is 4.61. The lowest BCUT2D eigenvalue weighted by Gasteiger charge is -2.32. The maximum absolute atomic E-state index is 12.2. The molecule has 3 nitrogen and oxygen atoms in total. The molecule has 0 fully saturated rings. The van der Waals surface area contributed by atoms with Crippen molar-refractivity contribution in [2.75, 3.05) is 6.54 Å². The van der Waals surface area contributed by atoms with Gasteiger partial charge in [0.15, 0.2) is 0 Å². The van der Waals surface area contributed by atoms with Crippen LogP contribution in [0.15, 0.2) is 0 Å². The summed E-state index contributed by atoms with van der Waals surface area (Å²) >= 11 is 0. The largest absolute Gasteiger partial charge is 0.339 e. The fourth-order valence-corrected chi connectivity index (χ4v) is 1.64. The topological polar surface area (TPSA) is 46.3 Å². The van der Waals surface area contributed by atoms with Crippen molar-refractivity contribution < 1.29 is 4.79 Å². The third-order valence-corrected chi connectivity index (χ3v) is 3.01. The van der Waals surface area contributed by atoms with Crippen LogP contribution in [0.5, 0.6) is 0 Å². The molecule has 0 aromatic carbocycles. The van der Waals surface area contributed by atoms with Crippen LogP contribution in [0.3, 0.4) is 0 Å². The number of nitrogens with two attached hydrogens (primary N) is 1. The number of hydrogen-bond acceptors (Lipinski definition) is 2. The Morgan fingerprint density at radius 2 is 1.69 bits per heavy atom. The Morgan fingerprint density at radius 3 is 2.00 bits per heavy atom. The minimum absolute atomic E-state index is 0.0954. The second kappa shape index (κ2) is 6.89. The number of amides is 1. The molecule has 96 valence electrons. The third-order valence-electron chi connectivity index (χ3n) is 3.01. The van der Waals surface area contributed by atoms with E-state index in [9.17, 15) is 4.79 Å². The predicted octanol–water partition coefficient (Wildman–Crippen LogP) is 2.25. The lowest BCUT2D eigenvalue weighted by molar-refractivity contribution is -0.136. The van der Waals surface area contributed by atoms with Crippen LogP contribution in [0, 0.1) is 11.8 Å². The van der Waals surface area contributed by atoms with Crippen molar-refractivity contribution in [2.24, 2.45) is 17.6 Å². The van der Waals surface area contributed by atoms with Gasteiger partial charge in [-0.2, -0.15) is 0 Å². The van der Waals surface area contributed by atoms with Gasteiger partial charge in [-0.25, -0.2) is 0 Å². The van der Waals surface area contributed by atoms with Gasteiger partial charge in [0, 0.05) is 12.6 Å². The summed E-state index contributed by atoms with van der Waals surface area (Å²) in [7, 11) is 0. The van der Waals surface area contributed by atoms with Gasteiger partial charge < -0.3 is 10.6 Å². The van der Waals surface area contributed by atoms with E-state index in [1.54, 1.807) is 0 Å². The molecule has 1 amide bonds. The summed E-state index contributed by atoms with van der Waals surface area (Å²) < 4.78 is 0. The van der Waals surface area contributed by atoms with Gasteiger partial charge in [-0.15, -0.1) is 0 Å². The van der Waals surface area contributed by atoms with Crippen LogP contribution in [0.25, 0.3) is 0 Å². The molecule has 0 rings (SSSR count). The van der Waals surface area contributed by atoms with E-state index in [1.165, 1.54) is 0 Å². The number of carbonyl (C=O) groups excluding carboxylic acids is 1. The van der Waals surface area contributed by atoms with Gasteiger partial charge in [-0.1, -0.05) is 34.1 Å². The molecule has 0 unspecified atom stereocenters. The summed E-state index contributed by atoms with van der Waals surface area (Å²) in [4.78, 5) is 14.1. The lowest BCUT2D eigenvalue weighted by atomic mass is 9.98. The molecule has 0 aromatic heterocycles. The summed E-state index contributed by atoms with van der Waals surface area (Å²) in [5.74, 6) is 0.828. The molecule has 0 saturated carbocycles. The molecule has 0 bridgehead atoms. The highest BCUT2D eigenvalue weighted by molar-refractivity contribution is 5.82. The van der Waals surface area contributed by atoms with Gasteiger partial charge >= 0.3 is 0 Å². The zero-order valence-corrected chi connectivity index (χ0v) is 11.7. The number of carbonyl (C=O) groups is 1. The average Bonchev–Trinajstić information content (AvgIpc) is 2.22. The Morgan fingerprint density at radius 1 is 1.19 bits per heavy atom. The van der Waals surface area contributed by atoms with E-state index in [2.05, 4.69) is 20.8 Å². The zero-order chi connectivity index (χ0) is 12.9. The second-order valence-corrected chi connectivity index (χ2v) is 5.39. The van der Waals surface area contributed by atoms with Gasteiger partial charge in [-0.3, -0.25) is 4.79 Å². The first-order chi connectivity index (χ1) is 7.31. The highest BCUT2D eigenvalue weighted by Crippen LogP contribution is 2.12. The minimum atomic E-state index is -0.355. The molecule has 0 aromatic rings. The summed E-state index contributed by atoms with van der Waals surface area (Å²) in [6.07, 6.45) is 0.945. The summed E-state index contributed by atoms with van der Waals surface area (Å²) in [6, 6.07) is -0.129. The Labute approximate surface area is 100 Å². The van der Waals surface area contributed by atoms with Crippen LogP contribution < -0.4 is 5.73 Å². The Kier molecular flexibility index (Phi) is 6.65. The molecule has 2 N–H and O–H groups in total. The summed E-state index contributed by atoms with van der Waals surface area (Å²) in [6.45, 7) is 13.2. The zero-order valence-electron chi connectivity index (χ0n) is 11.7. The highest BCUT2D eigenvalue weighted by atomic mass is 16.2. The molecule has 0 heterocycles. The van der Waals surface area contributed by atoms with Crippen molar-refractivity contribution in [3.8, 4) is 0 Å². The molecular formula is C13H28N2O. The SMILES string of the molecule is CC[C@H](C)[C@H](N)C(=O)N(CC(C)C)C(C)C. The van der Waals surface area contributed by atoms with Crippen molar-refractivity contribution in [3.63, 3.8) is 0 Å². The summed E-state index contributed by atoms with van der Waals surface area (Å²) in [5.41, 5.74) is 5.99. The van der Waals surface area contributed by atoms with E-state index in [-0.39, 0.29) is 23.9 Å². The van der Waals surface area contributed by atoms with Crippen LogP contribution in [0.2, 0.25) is 0 Å². The van der Waals surface area contributed by atoms with E-state index in [1.807, 2.05) is 25.7 Å². The van der Waals surface area contributed by atoms with Gasteiger partial charge in [-0.05, 0) is 25.7 Å². The Hall–Kier alpha value is -0.570. The normalized spacial score (nSPS) is 15.3. The molecule has 0 aliphatic rings. The third kappa shape index (κ3) is 4.52. The van der Waals surface area contributed by atoms with Gasteiger partial charge in [0.1, 0.15) is 0 Å². The monoisotopic (exact) mass is 228 g/mol. The quantitative estimate of drug-likeness (QED) is 0.758. The Bertz CT molecular complexity index is 214. The van der Waals surface area contributed by atoms with Crippen LogP contribution >= 0.6 is 0 Å². The number of nitrogens with zero attached hydrogens (tertiary/aromatic N) is 1. The van der Waals surface area contributed by atoms with Crippen LogP contribution in [-0.2, 0) is 4.79 Å². The number of hydrogen-bond donors (Lipinski definition) is 1. The van der Waals surface area contributed by atoms with Crippen LogP contribution in [0.4, 0.5) is 0 Å². The standard InChI is InChI=1S/C13H28N2O/c1-7-11(6)12(14)13(16)15(10(4)5)8-9(2)3/h9-12H,7-8,14H2,1-6H3/t11-,12-/m0/s1. The molecule has 0 aliphatic carbocycles. The number of rotatable bonds is 6. The van der Waals surface area contributed by atoms with Gasteiger partial charge in [0.05, 0.1) is 6.04 Å². The first-order valence-electron chi connectivity index (χ1n) is 6.37. The smallest absolute Gasteiger partial charge is 0.239 e. The molecule has 0 saturated heterocycles. The predicted molar refractivity (Wildman–Crippen MR) is 69.1 cm³/mol. The van der Waals surface area contributed by atoms with Crippen LogP contribution in [-0.4, -0.2) is 29.4 Å². The fourth-order valence-electron chi connectivity index (χ4n) is 1.64. The molecule has 16 heavy (non-hydrogen) atoms. The highest BCUT2D eigenvalue weighted by Gasteiger charge is 2.26. The van der Waals surface area contributed by atoms with Crippen molar-refractivity contribution in [1.82, 2.24) is 4.90 Å². The minimum Gasteiger partial charge on any atom is -0.339 e. The molecule has 2 atom stereocenters. The molecule has 0 radical (unpaired) electrons. The fraction of sp³-hybridized carbons (Fsp3) is 0.923. The molecular weight excluding hydrogens is 200 g/mol. The van der Waals surface area contributed by atoms with Crippen molar-refractivity contribution in [1.29, 1.82) is 0 Å². The van der Waals surface area contributed by atoms with Crippen molar-refractivity contribution in [2.45, 2.75) is 60.0 Å². The first-order valence-corrected chi connectivity index (χ1v) is 6.37. The molecule has 0 aliphatic heterocycles. The lowest BCUT2D eigenvalue weighted by Crippen LogP contribution is -2.50. The van der Waals surface area contributed by atoms with Crippen molar-refractivity contribution >= 4 is 5.91 Å². The average molecular weight is 228 g/mol. The maximum Gasteiger partial charge on any atom is 0.239 e. The van der Waals surface area contributed by atoms with E-state index in [0.717, 1.165) is 13.0 Å². The van der Waals surface area contributed by atoms with Gasteiger partial charge in [0.2, 0.25) is 5.91 Å². The van der Waals surface area contributed by atoms with E-state index >= 15 is 0 Å². The van der Waals surface area contributed by atoms with E-state index < -0.39 is 0 Å². The maximum atomic E-state index is 12.2. The van der Waals surface area contributed by atoms with Crippen molar-refractivity contribution in [3.05, 3.63) is 0 Å². The van der Waals surface area contributed by atoms with Crippen LogP contribution in [0.1, 0.15) is 48.0 Å². The molecule has 0 spiro atoms. The van der Waals surface area contributed by atoms with E-state index in [0.29, 0.717) is 5.92 Å². The molecule has 3 heteroatoms. The summed E-state index contributed by atoms with van der Waals surface area (Å²) in [5, 5.41) is 0.